The molecule has 1 aliphatic rings. The fourth-order valence-electron chi connectivity index (χ4n) is 4.97. The molecule has 3 N–H and O–H groups in total. The van der Waals surface area contributed by atoms with E-state index < -0.39 is 0 Å². The lowest BCUT2D eigenvalue weighted by Crippen LogP contribution is -2.21. The summed E-state index contributed by atoms with van der Waals surface area (Å²) in [6.45, 7) is 0.177. The van der Waals surface area contributed by atoms with Gasteiger partial charge in [0.05, 0.1) is 22.5 Å². The summed E-state index contributed by atoms with van der Waals surface area (Å²) >= 11 is 0. The van der Waals surface area contributed by atoms with Crippen molar-refractivity contribution in [1.29, 1.82) is 0 Å². The van der Waals surface area contributed by atoms with E-state index in [1.807, 2.05) is 48.5 Å². The summed E-state index contributed by atoms with van der Waals surface area (Å²) in [7, 11) is 0. The highest BCUT2D eigenvalue weighted by Gasteiger charge is 2.23. The lowest BCUT2D eigenvalue weighted by molar-refractivity contribution is 0.742. The van der Waals surface area contributed by atoms with Crippen molar-refractivity contribution in [2.75, 3.05) is 0 Å². The summed E-state index contributed by atoms with van der Waals surface area (Å²) in [6.07, 6.45) is 8.39. The molecule has 6 heteroatoms. The topological polar surface area (TPSA) is 89.1 Å². The molecule has 168 valence electrons. The number of allylic oxidation sites excluding steroid dienone is 2. The van der Waals surface area contributed by atoms with Gasteiger partial charge in [0.25, 0.3) is 5.56 Å². The Hall–Kier alpha value is -4.03. The number of pyridine rings is 1. The summed E-state index contributed by atoms with van der Waals surface area (Å²) in [6, 6.07) is 19.9. The number of aromatic amines is 1. The van der Waals surface area contributed by atoms with Gasteiger partial charge >= 0.3 is 0 Å². The van der Waals surface area contributed by atoms with Crippen molar-refractivity contribution < 1.29 is 0 Å². The van der Waals surface area contributed by atoms with Crippen LogP contribution in [0.2, 0.25) is 0 Å². The Balaban J connectivity index is 1.65. The Morgan fingerprint density at radius 1 is 0.971 bits per heavy atom. The minimum Gasteiger partial charge on any atom is -0.325 e. The van der Waals surface area contributed by atoms with Crippen LogP contribution in [0.1, 0.15) is 36.9 Å². The zero-order chi connectivity index (χ0) is 23.1. The maximum atomic E-state index is 13.9. The molecule has 0 atom stereocenters. The molecular weight excluding hydrogens is 422 g/mol. The Morgan fingerprint density at radius 2 is 1.85 bits per heavy atom. The summed E-state index contributed by atoms with van der Waals surface area (Å²) in [5.74, 6) is 0. The third kappa shape index (κ3) is 3.35. The van der Waals surface area contributed by atoms with E-state index in [0.717, 1.165) is 52.5 Å². The standard InChI is InChI=1S/C28H25N5O/c29-17-23-24(21-13-14-22-20(16-21)12-7-15-30-22)28(34)33-27(31-23)25(18-8-3-1-4-9-18)26(32-33)19-10-5-2-6-11-19/h2,5-8,10-16,32H,1,3-4,9,17,29H2. The van der Waals surface area contributed by atoms with Crippen molar-refractivity contribution in [3.8, 4) is 22.4 Å². The first-order valence-corrected chi connectivity index (χ1v) is 11.7. The monoisotopic (exact) mass is 447 g/mol. The van der Waals surface area contributed by atoms with E-state index >= 15 is 0 Å². The van der Waals surface area contributed by atoms with E-state index in [4.69, 9.17) is 10.7 Å². The second-order valence-corrected chi connectivity index (χ2v) is 8.72. The van der Waals surface area contributed by atoms with Gasteiger partial charge < -0.3 is 5.73 Å². The Morgan fingerprint density at radius 3 is 2.65 bits per heavy atom. The molecule has 0 amide bonds. The number of hydrogen-bond donors (Lipinski definition) is 2. The largest absolute Gasteiger partial charge is 0.325 e. The zero-order valence-electron chi connectivity index (χ0n) is 18.8. The highest BCUT2D eigenvalue weighted by molar-refractivity contribution is 5.89. The third-order valence-electron chi connectivity index (χ3n) is 6.61. The Kier molecular flexibility index (Phi) is 5.08. The smallest absolute Gasteiger partial charge is 0.280 e. The van der Waals surface area contributed by atoms with Gasteiger partial charge in [0.15, 0.2) is 5.65 Å². The number of fused-ring (bicyclic) bond motifs is 2. The molecule has 0 saturated heterocycles. The number of hydrogen-bond acceptors (Lipinski definition) is 4. The van der Waals surface area contributed by atoms with Crippen LogP contribution in [-0.4, -0.2) is 19.6 Å². The number of benzene rings is 2. The maximum Gasteiger partial charge on any atom is 0.280 e. The summed E-state index contributed by atoms with van der Waals surface area (Å²) in [4.78, 5) is 23.3. The Bertz CT molecular complexity index is 1610. The van der Waals surface area contributed by atoms with Gasteiger partial charge in [-0.05, 0) is 55.0 Å². The predicted molar refractivity (Wildman–Crippen MR) is 136 cm³/mol. The molecule has 0 bridgehead atoms. The van der Waals surface area contributed by atoms with Gasteiger partial charge in [-0.15, -0.1) is 0 Å². The highest BCUT2D eigenvalue weighted by atomic mass is 16.1. The molecule has 34 heavy (non-hydrogen) atoms. The molecule has 3 aromatic heterocycles. The minimum atomic E-state index is -0.145. The van der Waals surface area contributed by atoms with Crippen LogP contribution in [-0.2, 0) is 6.54 Å². The first-order valence-electron chi connectivity index (χ1n) is 11.7. The number of H-pyrrole nitrogens is 1. The molecule has 3 heterocycles. The van der Waals surface area contributed by atoms with Crippen LogP contribution in [0.3, 0.4) is 0 Å². The van der Waals surface area contributed by atoms with Crippen molar-refractivity contribution >= 4 is 22.1 Å². The zero-order valence-corrected chi connectivity index (χ0v) is 18.8. The summed E-state index contributed by atoms with van der Waals surface area (Å²) < 4.78 is 1.59. The molecule has 6 rings (SSSR count). The molecule has 0 spiro atoms. The SMILES string of the molecule is NCc1nc2c(C3=CCCCC3)c(-c3ccccc3)[nH]n2c(=O)c1-c1ccc2ncccc2c1. The van der Waals surface area contributed by atoms with Crippen LogP contribution in [0.4, 0.5) is 0 Å². The average molecular weight is 448 g/mol. The quantitative estimate of drug-likeness (QED) is 0.390. The number of nitrogens with one attached hydrogen (secondary N) is 1. The molecule has 0 radical (unpaired) electrons. The molecule has 1 aliphatic carbocycles. The molecule has 0 unspecified atom stereocenters. The van der Waals surface area contributed by atoms with Gasteiger partial charge in [0.1, 0.15) is 0 Å². The van der Waals surface area contributed by atoms with Crippen LogP contribution in [0.15, 0.2) is 77.7 Å². The van der Waals surface area contributed by atoms with Crippen molar-refractivity contribution in [2.24, 2.45) is 5.73 Å². The van der Waals surface area contributed by atoms with Gasteiger partial charge in [-0.1, -0.05) is 48.5 Å². The average Bonchev–Trinajstić information content (AvgIpc) is 3.29. The number of nitrogens with two attached hydrogens (primary N) is 1. The van der Waals surface area contributed by atoms with Gasteiger partial charge in [0.2, 0.25) is 0 Å². The van der Waals surface area contributed by atoms with Gasteiger partial charge in [-0.25, -0.2) is 4.98 Å². The van der Waals surface area contributed by atoms with Crippen LogP contribution < -0.4 is 11.3 Å². The molecule has 0 saturated carbocycles. The lowest BCUT2D eigenvalue weighted by Gasteiger charge is -2.14. The van der Waals surface area contributed by atoms with Crippen LogP contribution in [0.5, 0.6) is 0 Å². The summed E-state index contributed by atoms with van der Waals surface area (Å²) in [5, 5.41) is 4.36. The van der Waals surface area contributed by atoms with E-state index in [2.05, 4.69) is 28.3 Å². The number of rotatable bonds is 4. The fraction of sp³-hybridized carbons (Fsp3) is 0.179. The molecular formula is C28H25N5O. The van der Waals surface area contributed by atoms with Gasteiger partial charge in [0, 0.05) is 29.3 Å². The number of nitrogens with zero attached hydrogens (tertiary/aromatic N) is 3. The molecule has 0 fully saturated rings. The second-order valence-electron chi connectivity index (χ2n) is 8.72. The van der Waals surface area contributed by atoms with E-state index in [9.17, 15) is 4.79 Å². The minimum absolute atomic E-state index is 0.145. The first kappa shape index (κ1) is 20.6. The van der Waals surface area contributed by atoms with Crippen molar-refractivity contribution in [2.45, 2.75) is 32.2 Å². The van der Waals surface area contributed by atoms with E-state index in [1.54, 1.807) is 10.7 Å². The van der Waals surface area contributed by atoms with Crippen LogP contribution in [0.25, 0.3) is 44.5 Å². The van der Waals surface area contributed by atoms with E-state index in [0.29, 0.717) is 16.9 Å². The van der Waals surface area contributed by atoms with Crippen LogP contribution in [0, 0.1) is 0 Å². The van der Waals surface area contributed by atoms with Crippen molar-refractivity contribution in [3.63, 3.8) is 0 Å². The fourth-order valence-corrected chi connectivity index (χ4v) is 4.97. The Labute approximate surface area is 196 Å². The van der Waals surface area contributed by atoms with E-state index in [1.165, 1.54) is 12.0 Å². The van der Waals surface area contributed by atoms with Crippen LogP contribution >= 0.6 is 0 Å². The molecule has 0 aliphatic heterocycles. The lowest BCUT2D eigenvalue weighted by atomic mass is 9.92. The van der Waals surface area contributed by atoms with E-state index in [-0.39, 0.29) is 12.1 Å². The van der Waals surface area contributed by atoms with Crippen molar-refractivity contribution in [1.82, 2.24) is 19.6 Å². The van der Waals surface area contributed by atoms with Gasteiger partial charge in [-0.2, -0.15) is 4.52 Å². The first-order chi connectivity index (χ1) is 16.7. The molecule has 2 aromatic carbocycles. The second kappa shape index (κ2) is 8.39. The third-order valence-corrected chi connectivity index (χ3v) is 6.61. The predicted octanol–water partition coefficient (Wildman–Crippen LogP) is 5.32. The normalized spacial score (nSPS) is 14.0. The highest BCUT2D eigenvalue weighted by Crippen LogP contribution is 2.36. The molecule has 5 aromatic rings. The van der Waals surface area contributed by atoms with Gasteiger partial charge in [-0.3, -0.25) is 14.9 Å². The maximum absolute atomic E-state index is 13.9. The molecule has 6 nitrogen and oxygen atoms in total. The number of aromatic nitrogens is 4. The van der Waals surface area contributed by atoms with Crippen molar-refractivity contribution in [3.05, 3.63) is 94.5 Å². The summed E-state index contributed by atoms with van der Waals surface area (Å²) in [5.41, 5.74) is 13.6.